The molecule has 0 heterocycles. The van der Waals surface area contributed by atoms with Gasteiger partial charge in [-0.3, -0.25) is 0 Å². The first kappa shape index (κ1) is 11.3. The maximum absolute atomic E-state index is 13.0. The summed E-state index contributed by atoms with van der Waals surface area (Å²) in [5.74, 6) is 0.102. The number of aliphatic hydroxyl groups is 1. The van der Waals surface area contributed by atoms with E-state index in [9.17, 15) is 4.39 Å². The number of ether oxygens (including phenoxy) is 1. The summed E-state index contributed by atoms with van der Waals surface area (Å²) in [5, 5.41) is 8.93. The highest BCUT2D eigenvalue weighted by Gasteiger charge is 2.09. The van der Waals surface area contributed by atoms with Crippen molar-refractivity contribution in [1.29, 1.82) is 0 Å². The number of benzene rings is 1. The zero-order chi connectivity index (χ0) is 10.6. The maximum atomic E-state index is 13.0. The van der Waals surface area contributed by atoms with Gasteiger partial charge in [-0.15, -0.1) is 0 Å². The molecular formula is C10H12ClFO2. The van der Waals surface area contributed by atoms with Gasteiger partial charge in [-0.2, -0.15) is 0 Å². The van der Waals surface area contributed by atoms with Crippen LogP contribution >= 0.6 is 11.6 Å². The van der Waals surface area contributed by atoms with Crippen molar-refractivity contribution in [3.05, 3.63) is 28.5 Å². The molecule has 0 unspecified atom stereocenters. The first-order chi connectivity index (χ1) is 6.69. The second-order valence-corrected chi connectivity index (χ2v) is 3.31. The third kappa shape index (κ3) is 2.59. The molecule has 0 aliphatic rings. The molecule has 0 fully saturated rings. The lowest BCUT2D eigenvalue weighted by atomic mass is 10.1. The van der Waals surface area contributed by atoms with E-state index in [4.69, 9.17) is 21.4 Å². The van der Waals surface area contributed by atoms with Gasteiger partial charge in [0.25, 0.3) is 0 Å². The van der Waals surface area contributed by atoms with Gasteiger partial charge in [0, 0.05) is 6.61 Å². The van der Waals surface area contributed by atoms with E-state index in [1.165, 1.54) is 19.2 Å². The molecule has 1 aromatic carbocycles. The number of hydrogen-bond donors (Lipinski definition) is 1. The van der Waals surface area contributed by atoms with E-state index >= 15 is 0 Å². The summed E-state index contributed by atoms with van der Waals surface area (Å²) in [6.07, 6.45) is 1.12. The van der Waals surface area contributed by atoms with E-state index in [0.717, 1.165) is 0 Å². The second kappa shape index (κ2) is 5.17. The van der Waals surface area contributed by atoms with Crippen LogP contribution in [-0.4, -0.2) is 18.8 Å². The molecule has 0 aliphatic heterocycles. The van der Waals surface area contributed by atoms with Gasteiger partial charge in [-0.1, -0.05) is 11.6 Å². The number of halogens is 2. The SMILES string of the molecule is COc1c(Cl)cc(F)cc1CCCO. The van der Waals surface area contributed by atoms with Crippen molar-refractivity contribution in [2.24, 2.45) is 0 Å². The normalized spacial score (nSPS) is 10.3. The lowest BCUT2D eigenvalue weighted by molar-refractivity contribution is 0.287. The molecule has 0 aliphatic carbocycles. The lowest BCUT2D eigenvalue weighted by Gasteiger charge is -2.09. The summed E-state index contributed by atoms with van der Waals surface area (Å²) in [4.78, 5) is 0. The second-order valence-electron chi connectivity index (χ2n) is 2.91. The summed E-state index contributed by atoms with van der Waals surface area (Å²) in [5.41, 5.74) is 0.687. The van der Waals surface area contributed by atoms with Crippen molar-refractivity contribution in [1.82, 2.24) is 0 Å². The molecule has 0 bridgehead atoms. The Kier molecular flexibility index (Phi) is 4.17. The molecule has 1 N–H and O–H groups in total. The number of aryl methyl sites for hydroxylation is 1. The average Bonchev–Trinajstić information content (AvgIpc) is 2.14. The average molecular weight is 219 g/mol. The Bertz CT molecular complexity index is 315. The van der Waals surface area contributed by atoms with Crippen LogP contribution in [0, 0.1) is 5.82 Å². The van der Waals surface area contributed by atoms with E-state index in [0.29, 0.717) is 24.2 Å². The monoisotopic (exact) mass is 218 g/mol. The van der Waals surface area contributed by atoms with Crippen molar-refractivity contribution >= 4 is 11.6 Å². The van der Waals surface area contributed by atoms with Gasteiger partial charge in [0.2, 0.25) is 0 Å². The highest BCUT2D eigenvalue weighted by Crippen LogP contribution is 2.30. The topological polar surface area (TPSA) is 29.5 Å². The van der Waals surface area contributed by atoms with E-state index in [-0.39, 0.29) is 17.4 Å². The van der Waals surface area contributed by atoms with Crippen molar-refractivity contribution in [2.45, 2.75) is 12.8 Å². The van der Waals surface area contributed by atoms with Crippen LogP contribution in [0.4, 0.5) is 4.39 Å². The molecule has 0 amide bonds. The van der Waals surface area contributed by atoms with Gasteiger partial charge >= 0.3 is 0 Å². The molecule has 0 atom stereocenters. The lowest BCUT2D eigenvalue weighted by Crippen LogP contribution is -1.96. The first-order valence-electron chi connectivity index (χ1n) is 4.31. The summed E-state index contributed by atoms with van der Waals surface area (Å²) < 4.78 is 18.0. The molecule has 2 nitrogen and oxygen atoms in total. The number of hydrogen-bond acceptors (Lipinski definition) is 2. The summed E-state index contributed by atoms with van der Waals surface area (Å²) in [6, 6.07) is 2.59. The van der Waals surface area contributed by atoms with Gasteiger partial charge < -0.3 is 9.84 Å². The largest absolute Gasteiger partial charge is 0.495 e. The summed E-state index contributed by atoms with van der Waals surface area (Å²) in [7, 11) is 1.49. The Balaban J connectivity index is 2.99. The van der Waals surface area contributed by atoms with Crippen LogP contribution in [0.25, 0.3) is 0 Å². The molecule has 0 spiro atoms. The van der Waals surface area contributed by atoms with Gasteiger partial charge in [0.15, 0.2) is 0 Å². The van der Waals surface area contributed by atoms with Crippen molar-refractivity contribution in [3.8, 4) is 5.75 Å². The molecule has 0 radical (unpaired) electrons. The standard InChI is InChI=1S/C10H12ClFO2/c1-14-10-7(3-2-4-13)5-8(12)6-9(10)11/h5-6,13H,2-4H2,1H3. The first-order valence-corrected chi connectivity index (χ1v) is 4.69. The van der Waals surface area contributed by atoms with Crippen LogP contribution in [0.15, 0.2) is 12.1 Å². The molecule has 1 aromatic rings. The summed E-state index contributed by atoms with van der Waals surface area (Å²) >= 11 is 5.79. The maximum Gasteiger partial charge on any atom is 0.140 e. The Morgan fingerprint density at radius 1 is 1.50 bits per heavy atom. The van der Waals surface area contributed by atoms with E-state index < -0.39 is 0 Å². The Morgan fingerprint density at radius 3 is 2.79 bits per heavy atom. The van der Waals surface area contributed by atoms with Crippen molar-refractivity contribution in [2.75, 3.05) is 13.7 Å². The molecule has 4 heteroatoms. The minimum absolute atomic E-state index is 0.0668. The minimum atomic E-state index is -0.385. The van der Waals surface area contributed by atoms with Crippen LogP contribution in [0.3, 0.4) is 0 Å². The third-order valence-electron chi connectivity index (χ3n) is 1.89. The van der Waals surface area contributed by atoms with Crippen molar-refractivity contribution in [3.63, 3.8) is 0 Å². The molecule has 0 saturated carbocycles. The molecule has 0 aromatic heterocycles. The Hall–Kier alpha value is -0.800. The van der Waals surface area contributed by atoms with Crippen LogP contribution in [0.1, 0.15) is 12.0 Å². The third-order valence-corrected chi connectivity index (χ3v) is 2.17. The van der Waals surface area contributed by atoms with Crippen LogP contribution < -0.4 is 4.74 Å². The molecule has 78 valence electrons. The fourth-order valence-electron chi connectivity index (χ4n) is 1.30. The highest BCUT2D eigenvalue weighted by atomic mass is 35.5. The minimum Gasteiger partial charge on any atom is -0.495 e. The quantitative estimate of drug-likeness (QED) is 0.841. The molecular weight excluding hydrogens is 207 g/mol. The van der Waals surface area contributed by atoms with Gasteiger partial charge in [0.05, 0.1) is 12.1 Å². The fourth-order valence-corrected chi connectivity index (χ4v) is 1.60. The number of aliphatic hydroxyl groups excluding tert-OH is 1. The molecule has 0 saturated heterocycles. The van der Waals surface area contributed by atoms with E-state index in [2.05, 4.69) is 0 Å². The van der Waals surface area contributed by atoms with Gasteiger partial charge in [0.1, 0.15) is 11.6 Å². The number of rotatable bonds is 4. The predicted molar refractivity (Wildman–Crippen MR) is 53.4 cm³/mol. The predicted octanol–water partition coefficient (Wildman–Crippen LogP) is 2.41. The number of methoxy groups -OCH3 is 1. The summed E-state index contributed by atoms with van der Waals surface area (Å²) in [6.45, 7) is 0.0668. The van der Waals surface area contributed by atoms with Crippen LogP contribution in [-0.2, 0) is 6.42 Å². The molecule has 1 rings (SSSR count). The Morgan fingerprint density at radius 2 is 2.21 bits per heavy atom. The fraction of sp³-hybridized carbons (Fsp3) is 0.400. The smallest absolute Gasteiger partial charge is 0.140 e. The van der Waals surface area contributed by atoms with Gasteiger partial charge in [-0.25, -0.2) is 4.39 Å². The van der Waals surface area contributed by atoms with Crippen molar-refractivity contribution < 1.29 is 14.2 Å². The zero-order valence-corrected chi connectivity index (χ0v) is 8.64. The van der Waals surface area contributed by atoms with E-state index in [1.54, 1.807) is 0 Å². The van der Waals surface area contributed by atoms with Crippen LogP contribution in [0.2, 0.25) is 5.02 Å². The van der Waals surface area contributed by atoms with Gasteiger partial charge in [-0.05, 0) is 30.5 Å². The Labute approximate surface area is 87.3 Å². The highest BCUT2D eigenvalue weighted by molar-refractivity contribution is 6.32. The van der Waals surface area contributed by atoms with E-state index in [1.807, 2.05) is 0 Å². The van der Waals surface area contributed by atoms with Crippen LogP contribution in [0.5, 0.6) is 5.75 Å². The molecule has 14 heavy (non-hydrogen) atoms. The zero-order valence-electron chi connectivity index (χ0n) is 7.89.